The van der Waals surface area contributed by atoms with E-state index in [-0.39, 0.29) is 23.3 Å². The van der Waals surface area contributed by atoms with Crippen LogP contribution in [0.2, 0.25) is 23.2 Å². The molecule has 0 aromatic heterocycles. The first-order valence-corrected chi connectivity index (χ1v) is 21.0. The van der Waals surface area contributed by atoms with Gasteiger partial charge in [0.05, 0.1) is 26.4 Å². The van der Waals surface area contributed by atoms with Crippen LogP contribution in [0, 0.1) is 11.8 Å². The number of ether oxygens (including phenoxy) is 3. The van der Waals surface area contributed by atoms with Crippen LogP contribution in [0.25, 0.3) is 0 Å². The van der Waals surface area contributed by atoms with Crippen molar-refractivity contribution in [2.45, 2.75) is 102 Å². The van der Waals surface area contributed by atoms with Crippen LogP contribution < -0.4 is 15.1 Å². The molecule has 1 aliphatic heterocycles. The molecule has 46 heavy (non-hydrogen) atoms. The van der Waals surface area contributed by atoms with Gasteiger partial charge in [0.1, 0.15) is 18.0 Å². The number of hydrogen-bond acceptors (Lipinski definition) is 6. The summed E-state index contributed by atoms with van der Waals surface area (Å²) in [5.74, 6) is 7.39. The van der Waals surface area contributed by atoms with Gasteiger partial charge in [0.25, 0.3) is 8.32 Å². The van der Waals surface area contributed by atoms with Crippen LogP contribution in [-0.2, 0) is 24.9 Å². The Balaban J connectivity index is 1.57. The van der Waals surface area contributed by atoms with Gasteiger partial charge in [-0.25, -0.2) is 0 Å². The monoisotopic (exact) mass is 660 g/mol. The summed E-state index contributed by atoms with van der Waals surface area (Å²) in [6.45, 7) is 18.3. The molecule has 0 radical (unpaired) electrons. The highest BCUT2D eigenvalue weighted by Gasteiger charge is 2.50. The van der Waals surface area contributed by atoms with Crippen molar-refractivity contribution in [3.05, 3.63) is 90.5 Å². The molecule has 1 heterocycles. The lowest BCUT2D eigenvalue weighted by atomic mass is 10.0. The number of rotatable bonds is 10. The van der Waals surface area contributed by atoms with Gasteiger partial charge < -0.3 is 28.2 Å². The molecular formula is C38H52O6Si2. The molecule has 6 nitrogen and oxygen atoms in total. The predicted octanol–water partition coefficient (Wildman–Crippen LogP) is 6.66. The molecule has 248 valence electrons. The fourth-order valence-electron chi connectivity index (χ4n) is 5.69. The maximum absolute atomic E-state index is 11.4. The van der Waals surface area contributed by atoms with Gasteiger partial charge >= 0.3 is 0 Å². The Hall–Kier alpha value is -2.75. The van der Waals surface area contributed by atoms with Gasteiger partial charge in [-0.3, -0.25) is 0 Å². The molecule has 0 unspecified atom stereocenters. The average molecular weight is 661 g/mol. The normalized spacial score (nSPS) is 20.9. The summed E-state index contributed by atoms with van der Waals surface area (Å²) in [6.07, 6.45) is -2.34. The van der Waals surface area contributed by atoms with Gasteiger partial charge in [-0.15, -0.1) is 0 Å². The van der Waals surface area contributed by atoms with E-state index in [4.69, 9.17) is 23.1 Å². The molecular weight excluding hydrogens is 609 g/mol. The van der Waals surface area contributed by atoms with E-state index in [1.807, 2.05) is 36.4 Å². The number of aliphatic hydroxyl groups excluding tert-OH is 1. The Morgan fingerprint density at radius 3 is 1.89 bits per heavy atom. The van der Waals surface area contributed by atoms with Crippen LogP contribution in [0.5, 0.6) is 5.75 Å². The van der Waals surface area contributed by atoms with Crippen molar-refractivity contribution in [3.63, 3.8) is 0 Å². The molecule has 0 bridgehead atoms. The van der Waals surface area contributed by atoms with E-state index in [2.05, 4.69) is 115 Å². The second-order valence-electron chi connectivity index (χ2n) is 14.6. The lowest BCUT2D eigenvalue weighted by molar-refractivity contribution is -0.258. The molecule has 1 fully saturated rings. The van der Waals surface area contributed by atoms with E-state index in [1.165, 1.54) is 10.4 Å². The largest absolute Gasteiger partial charge is 0.497 e. The minimum Gasteiger partial charge on any atom is -0.497 e. The minimum absolute atomic E-state index is 0.0186. The standard InChI is InChI=1S/C38H52O6Si2/c1-37(2,3)45(8,9)44-34-27-31(43-36(35(34)39)41-28-29-22-24-30(40-7)25-23-29)17-16-26-42-46(38(4,5)6,32-18-12-10-13-19-32)33-20-14-11-15-21-33/h10-15,18-25,31,34-36,39H,26-28H2,1-9H3/t31-,34+,35-,36-/m1/s1. The first-order chi connectivity index (χ1) is 21.7. The smallest absolute Gasteiger partial charge is 0.262 e. The van der Waals surface area contributed by atoms with E-state index in [1.54, 1.807) is 7.11 Å². The van der Waals surface area contributed by atoms with E-state index in [0.29, 0.717) is 6.42 Å². The quantitative estimate of drug-likeness (QED) is 0.194. The molecule has 1 N–H and O–H groups in total. The maximum Gasteiger partial charge on any atom is 0.262 e. The summed E-state index contributed by atoms with van der Waals surface area (Å²) in [6, 6.07) is 28.8. The Bertz CT molecular complexity index is 1400. The van der Waals surface area contributed by atoms with E-state index < -0.39 is 41.2 Å². The van der Waals surface area contributed by atoms with Gasteiger partial charge in [-0.05, 0) is 51.2 Å². The van der Waals surface area contributed by atoms with Crippen molar-refractivity contribution in [2.24, 2.45) is 0 Å². The minimum atomic E-state index is -2.72. The third-order valence-electron chi connectivity index (χ3n) is 9.27. The summed E-state index contributed by atoms with van der Waals surface area (Å²) in [5.41, 5.74) is 0.949. The van der Waals surface area contributed by atoms with Gasteiger partial charge in [-0.1, -0.05) is 126 Å². The Kier molecular flexibility index (Phi) is 11.8. The van der Waals surface area contributed by atoms with Crippen LogP contribution in [0.4, 0.5) is 0 Å². The second kappa shape index (κ2) is 15.0. The highest BCUT2D eigenvalue weighted by atomic mass is 28.4. The van der Waals surface area contributed by atoms with Crippen LogP contribution in [-0.4, -0.2) is 60.1 Å². The number of methoxy groups -OCH3 is 1. The Morgan fingerprint density at radius 2 is 1.39 bits per heavy atom. The molecule has 3 aromatic rings. The van der Waals surface area contributed by atoms with Crippen LogP contribution in [0.1, 0.15) is 53.5 Å². The van der Waals surface area contributed by atoms with Crippen molar-refractivity contribution in [1.29, 1.82) is 0 Å². The van der Waals surface area contributed by atoms with Crippen LogP contribution in [0.15, 0.2) is 84.9 Å². The Morgan fingerprint density at radius 1 is 0.826 bits per heavy atom. The SMILES string of the molecule is COc1ccc(CO[C@@H]2O[C@H](C#CCO[Si](c3ccccc3)(c3ccccc3)C(C)(C)C)C[C@H](O[Si](C)(C)C(C)(C)C)[C@H]2O)cc1. The van der Waals surface area contributed by atoms with Gasteiger partial charge in [0.15, 0.2) is 14.6 Å². The highest BCUT2D eigenvalue weighted by Crippen LogP contribution is 2.40. The van der Waals surface area contributed by atoms with Crippen molar-refractivity contribution >= 4 is 27.0 Å². The summed E-state index contributed by atoms with van der Waals surface area (Å²) >= 11 is 0. The highest BCUT2D eigenvalue weighted by molar-refractivity contribution is 6.99. The molecule has 4 rings (SSSR count). The number of benzene rings is 3. The molecule has 0 spiro atoms. The summed E-state index contributed by atoms with van der Waals surface area (Å²) in [7, 11) is -3.28. The van der Waals surface area contributed by atoms with Gasteiger partial charge in [0.2, 0.25) is 0 Å². The van der Waals surface area contributed by atoms with E-state index in [9.17, 15) is 5.11 Å². The zero-order valence-electron chi connectivity index (χ0n) is 29.0. The number of aliphatic hydroxyl groups is 1. The molecule has 8 heteroatoms. The topological polar surface area (TPSA) is 66.4 Å². The fourth-order valence-corrected chi connectivity index (χ4v) is 11.5. The zero-order valence-corrected chi connectivity index (χ0v) is 31.0. The van der Waals surface area contributed by atoms with Crippen LogP contribution in [0.3, 0.4) is 0 Å². The molecule has 4 atom stereocenters. The maximum atomic E-state index is 11.4. The number of hydrogen-bond donors (Lipinski definition) is 1. The molecule has 0 amide bonds. The summed E-state index contributed by atoms with van der Waals surface area (Å²) in [4.78, 5) is 0. The molecule has 0 saturated carbocycles. The van der Waals surface area contributed by atoms with Crippen molar-refractivity contribution in [1.82, 2.24) is 0 Å². The van der Waals surface area contributed by atoms with Gasteiger partial charge in [0, 0.05) is 6.42 Å². The molecule has 1 saturated heterocycles. The third-order valence-corrected chi connectivity index (χ3v) is 18.8. The van der Waals surface area contributed by atoms with Crippen molar-refractivity contribution in [3.8, 4) is 17.6 Å². The average Bonchev–Trinajstić information content (AvgIpc) is 3.01. The summed E-state index contributed by atoms with van der Waals surface area (Å²) < 4.78 is 31.4. The first kappa shape index (κ1) is 36.1. The molecule has 1 aliphatic rings. The Labute approximate surface area is 278 Å². The van der Waals surface area contributed by atoms with Crippen molar-refractivity contribution < 1.29 is 28.2 Å². The summed E-state index contributed by atoms with van der Waals surface area (Å²) in [5, 5.41) is 13.7. The second-order valence-corrected chi connectivity index (χ2v) is 23.6. The lowest BCUT2D eigenvalue weighted by Gasteiger charge is -2.44. The van der Waals surface area contributed by atoms with Crippen molar-refractivity contribution in [2.75, 3.05) is 13.7 Å². The molecule has 0 aliphatic carbocycles. The van der Waals surface area contributed by atoms with Crippen LogP contribution >= 0.6 is 0 Å². The molecule has 3 aromatic carbocycles. The van der Waals surface area contributed by atoms with E-state index in [0.717, 1.165) is 11.3 Å². The van der Waals surface area contributed by atoms with Gasteiger partial charge in [-0.2, -0.15) is 0 Å². The zero-order chi connectivity index (χ0) is 33.6. The fraction of sp³-hybridized carbons (Fsp3) is 0.474. The van der Waals surface area contributed by atoms with E-state index >= 15 is 0 Å². The lowest BCUT2D eigenvalue weighted by Crippen LogP contribution is -2.66. The predicted molar refractivity (Wildman–Crippen MR) is 190 cm³/mol. The third kappa shape index (κ3) is 8.39. The first-order valence-electron chi connectivity index (χ1n) is 16.2.